The molecule has 0 heterocycles. The van der Waals surface area contributed by atoms with Crippen LogP contribution >= 0.6 is 11.6 Å². The molecule has 15 heavy (non-hydrogen) atoms. The van der Waals surface area contributed by atoms with Crippen molar-refractivity contribution in [2.24, 2.45) is 11.7 Å². The Morgan fingerprint density at radius 2 is 1.80 bits per heavy atom. The van der Waals surface area contributed by atoms with Gasteiger partial charge in [0, 0.05) is 10.6 Å². The van der Waals surface area contributed by atoms with Crippen LogP contribution in [0.15, 0.2) is 24.3 Å². The second-order valence-corrected chi connectivity index (χ2v) is 5.29. The van der Waals surface area contributed by atoms with Gasteiger partial charge < -0.3 is 5.73 Å². The molecule has 1 rings (SSSR count). The molecule has 0 fully saturated rings. The van der Waals surface area contributed by atoms with Gasteiger partial charge in [-0.2, -0.15) is 0 Å². The lowest BCUT2D eigenvalue weighted by atomic mass is 9.86. The lowest BCUT2D eigenvalue weighted by Gasteiger charge is -2.26. The molecule has 0 aliphatic carbocycles. The predicted molar refractivity (Wildman–Crippen MR) is 67.1 cm³/mol. The minimum absolute atomic E-state index is 0.241. The molecule has 0 aliphatic heterocycles. The average Bonchev–Trinajstić information content (AvgIpc) is 2.16. The highest BCUT2D eigenvalue weighted by molar-refractivity contribution is 6.30. The van der Waals surface area contributed by atoms with Gasteiger partial charge in [0.1, 0.15) is 0 Å². The van der Waals surface area contributed by atoms with Crippen molar-refractivity contribution in [2.45, 2.75) is 39.2 Å². The third kappa shape index (κ3) is 3.84. The number of hydrogen-bond donors (Lipinski definition) is 1. The maximum atomic E-state index is 6.29. The Morgan fingerprint density at radius 1 is 1.27 bits per heavy atom. The Hall–Kier alpha value is -0.530. The highest BCUT2D eigenvalue weighted by Gasteiger charge is 2.20. The fourth-order valence-electron chi connectivity index (χ4n) is 1.56. The van der Waals surface area contributed by atoms with E-state index in [0.29, 0.717) is 5.92 Å². The second-order valence-electron chi connectivity index (χ2n) is 4.86. The smallest absolute Gasteiger partial charge is 0.0406 e. The molecule has 0 spiro atoms. The molecule has 0 aromatic heterocycles. The minimum Gasteiger partial charge on any atom is -0.322 e. The minimum atomic E-state index is -0.241. The second kappa shape index (κ2) is 5.00. The van der Waals surface area contributed by atoms with Crippen LogP contribution < -0.4 is 5.73 Å². The van der Waals surface area contributed by atoms with E-state index in [-0.39, 0.29) is 5.54 Å². The average molecular weight is 226 g/mol. The summed E-state index contributed by atoms with van der Waals surface area (Å²) in [6.07, 6.45) is 2.15. The molecule has 2 N–H and O–H groups in total. The summed E-state index contributed by atoms with van der Waals surface area (Å²) in [4.78, 5) is 0. The number of nitrogens with two attached hydrogens (primary N) is 1. The fourth-order valence-corrected chi connectivity index (χ4v) is 1.69. The summed E-state index contributed by atoms with van der Waals surface area (Å²) < 4.78 is 0. The normalized spacial score (nSPS) is 15.3. The van der Waals surface area contributed by atoms with Gasteiger partial charge in [-0.25, -0.2) is 0 Å². The van der Waals surface area contributed by atoms with Crippen LogP contribution in [-0.2, 0) is 5.54 Å². The summed E-state index contributed by atoms with van der Waals surface area (Å²) in [5.74, 6) is 0.695. The Kier molecular flexibility index (Phi) is 4.18. The first-order valence-corrected chi connectivity index (χ1v) is 5.84. The van der Waals surface area contributed by atoms with Crippen molar-refractivity contribution in [2.75, 3.05) is 0 Å². The zero-order valence-corrected chi connectivity index (χ0v) is 10.5. The van der Waals surface area contributed by atoms with Crippen LogP contribution in [0.1, 0.15) is 39.2 Å². The molecule has 1 unspecified atom stereocenters. The van der Waals surface area contributed by atoms with Crippen LogP contribution in [0.3, 0.4) is 0 Å². The molecule has 0 saturated carbocycles. The molecule has 0 radical (unpaired) electrons. The molecule has 2 heteroatoms. The number of rotatable bonds is 4. The lowest BCUT2D eigenvalue weighted by molar-refractivity contribution is 0.396. The molecule has 0 amide bonds. The SMILES string of the molecule is CC(C)CCC(C)(N)c1ccc(Cl)cc1. The number of benzene rings is 1. The maximum Gasteiger partial charge on any atom is 0.0406 e. The molecule has 84 valence electrons. The Bertz CT molecular complexity index is 301. The van der Waals surface area contributed by atoms with Crippen LogP contribution in [0.2, 0.25) is 5.02 Å². The van der Waals surface area contributed by atoms with Crippen LogP contribution in [0.25, 0.3) is 0 Å². The van der Waals surface area contributed by atoms with E-state index >= 15 is 0 Å². The van der Waals surface area contributed by atoms with E-state index < -0.39 is 0 Å². The van der Waals surface area contributed by atoms with Crippen LogP contribution in [0, 0.1) is 5.92 Å². The number of halogens is 1. The zero-order valence-electron chi connectivity index (χ0n) is 9.76. The molecule has 0 saturated heterocycles. The van der Waals surface area contributed by atoms with Gasteiger partial charge in [0.05, 0.1) is 0 Å². The van der Waals surface area contributed by atoms with Crippen molar-refractivity contribution in [1.82, 2.24) is 0 Å². The van der Waals surface area contributed by atoms with Gasteiger partial charge in [-0.3, -0.25) is 0 Å². The first kappa shape index (κ1) is 12.5. The Balaban J connectivity index is 2.72. The molecule has 1 atom stereocenters. The van der Waals surface area contributed by atoms with Gasteiger partial charge in [0.2, 0.25) is 0 Å². The van der Waals surface area contributed by atoms with E-state index in [9.17, 15) is 0 Å². The fraction of sp³-hybridized carbons (Fsp3) is 0.538. The van der Waals surface area contributed by atoms with E-state index in [1.165, 1.54) is 0 Å². The van der Waals surface area contributed by atoms with Crippen molar-refractivity contribution in [3.8, 4) is 0 Å². The molecular weight excluding hydrogens is 206 g/mol. The van der Waals surface area contributed by atoms with Gasteiger partial charge in [-0.05, 0) is 43.4 Å². The molecule has 0 bridgehead atoms. The van der Waals surface area contributed by atoms with Crippen LogP contribution in [-0.4, -0.2) is 0 Å². The van der Waals surface area contributed by atoms with Gasteiger partial charge in [-0.15, -0.1) is 0 Å². The molecule has 1 aromatic carbocycles. The van der Waals surface area contributed by atoms with Crippen LogP contribution in [0.5, 0.6) is 0 Å². The summed E-state index contributed by atoms with van der Waals surface area (Å²) >= 11 is 5.85. The topological polar surface area (TPSA) is 26.0 Å². The van der Waals surface area contributed by atoms with E-state index in [4.69, 9.17) is 17.3 Å². The van der Waals surface area contributed by atoms with E-state index in [0.717, 1.165) is 23.4 Å². The van der Waals surface area contributed by atoms with Gasteiger partial charge >= 0.3 is 0 Å². The zero-order chi connectivity index (χ0) is 11.5. The summed E-state index contributed by atoms with van der Waals surface area (Å²) in [5, 5.41) is 0.762. The molecule has 1 nitrogen and oxygen atoms in total. The number of hydrogen-bond acceptors (Lipinski definition) is 1. The van der Waals surface area contributed by atoms with Gasteiger partial charge in [0.25, 0.3) is 0 Å². The first-order chi connectivity index (χ1) is 6.92. The van der Waals surface area contributed by atoms with Gasteiger partial charge in [-0.1, -0.05) is 37.6 Å². The third-order valence-electron chi connectivity index (χ3n) is 2.74. The van der Waals surface area contributed by atoms with Crippen LogP contribution in [0.4, 0.5) is 0 Å². The summed E-state index contributed by atoms with van der Waals surface area (Å²) in [6, 6.07) is 7.83. The predicted octanol–water partition coefficient (Wildman–Crippen LogP) is 3.95. The summed E-state index contributed by atoms with van der Waals surface area (Å²) in [6.45, 7) is 6.52. The summed E-state index contributed by atoms with van der Waals surface area (Å²) in [5.41, 5.74) is 7.21. The van der Waals surface area contributed by atoms with Crippen molar-refractivity contribution >= 4 is 11.6 Å². The van der Waals surface area contributed by atoms with Crippen molar-refractivity contribution in [1.29, 1.82) is 0 Å². The van der Waals surface area contributed by atoms with Crippen molar-refractivity contribution in [3.63, 3.8) is 0 Å². The van der Waals surface area contributed by atoms with Crippen molar-refractivity contribution in [3.05, 3.63) is 34.9 Å². The first-order valence-electron chi connectivity index (χ1n) is 5.47. The monoisotopic (exact) mass is 225 g/mol. The highest BCUT2D eigenvalue weighted by Crippen LogP contribution is 2.26. The van der Waals surface area contributed by atoms with Crippen molar-refractivity contribution < 1.29 is 0 Å². The molecular formula is C13H20ClN. The highest BCUT2D eigenvalue weighted by atomic mass is 35.5. The Morgan fingerprint density at radius 3 is 2.27 bits per heavy atom. The van der Waals surface area contributed by atoms with E-state index in [2.05, 4.69) is 20.8 Å². The third-order valence-corrected chi connectivity index (χ3v) is 3.00. The largest absolute Gasteiger partial charge is 0.322 e. The van der Waals surface area contributed by atoms with Gasteiger partial charge in [0.15, 0.2) is 0 Å². The lowest BCUT2D eigenvalue weighted by Crippen LogP contribution is -2.33. The standard InChI is InChI=1S/C13H20ClN/c1-10(2)8-9-13(3,15)11-4-6-12(14)7-5-11/h4-7,10H,8-9,15H2,1-3H3. The molecule has 0 aliphatic rings. The maximum absolute atomic E-state index is 6.29. The summed E-state index contributed by atoms with van der Waals surface area (Å²) in [7, 11) is 0. The van der Waals surface area contributed by atoms with E-state index in [1.807, 2.05) is 24.3 Å². The quantitative estimate of drug-likeness (QED) is 0.825. The molecule has 1 aromatic rings. The van der Waals surface area contributed by atoms with E-state index in [1.54, 1.807) is 0 Å². The Labute approximate surface area is 97.6 Å².